The van der Waals surface area contributed by atoms with Gasteiger partial charge in [-0.3, -0.25) is 4.21 Å². The second-order valence-electron chi connectivity index (χ2n) is 4.74. The van der Waals surface area contributed by atoms with E-state index in [0.717, 1.165) is 39.8 Å². The van der Waals surface area contributed by atoms with Gasteiger partial charge in [0, 0.05) is 17.7 Å². The molecule has 3 nitrogen and oxygen atoms in total. The minimum absolute atomic E-state index is 0.684. The number of hydrogen-bond acceptors (Lipinski definition) is 4. The summed E-state index contributed by atoms with van der Waals surface area (Å²) < 4.78 is 12.1. The third-order valence-electron chi connectivity index (χ3n) is 3.25. The van der Waals surface area contributed by atoms with Gasteiger partial charge in [0.25, 0.3) is 0 Å². The van der Waals surface area contributed by atoms with Crippen LogP contribution in [-0.4, -0.2) is 20.0 Å². The molecular formula is C15H16N2OS2. The van der Waals surface area contributed by atoms with Gasteiger partial charge >= 0.3 is 0 Å². The predicted octanol–water partition coefficient (Wildman–Crippen LogP) is 3.95. The molecule has 3 heterocycles. The molecule has 1 atom stereocenters. The van der Waals surface area contributed by atoms with Crippen molar-refractivity contribution >= 4 is 33.0 Å². The highest BCUT2D eigenvalue weighted by molar-refractivity contribution is 8.00. The molecule has 1 unspecified atom stereocenters. The molecule has 3 rings (SSSR count). The van der Waals surface area contributed by atoms with Gasteiger partial charge < -0.3 is 0 Å². The summed E-state index contributed by atoms with van der Waals surface area (Å²) in [7, 11) is -0.952. The zero-order valence-corrected chi connectivity index (χ0v) is 13.0. The van der Waals surface area contributed by atoms with Crippen molar-refractivity contribution in [3.8, 4) is 10.6 Å². The summed E-state index contributed by atoms with van der Waals surface area (Å²) in [5.74, 6) is 1.46. The normalized spacial score (nSPS) is 14.9. The van der Waals surface area contributed by atoms with Gasteiger partial charge in [0.1, 0.15) is 5.04 Å². The lowest BCUT2D eigenvalue weighted by molar-refractivity contribution is 0.686. The molecule has 1 aliphatic rings. The summed E-state index contributed by atoms with van der Waals surface area (Å²) in [6.07, 6.45) is 2.73. The van der Waals surface area contributed by atoms with E-state index >= 15 is 0 Å². The van der Waals surface area contributed by atoms with Crippen molar-refractivity contribution in [1.29, 1.82) is 0 Å². The van der Waals surface area contributed by atoms with Crippen LogP contribution >= 0.6 is 11.3 Å². The van der Waals surface area contributed by atoms with Crippen molar-refractivity contribution in [2.45, 2.75) is 26.2 Å². The van der Waals surface area contributed by atoms with E-state index in [9.17, 15) is 4.21 Å². The zero-order chi connectivity index (χ0) is 13.9. The summed E-state index contributed by atoms with van der Waals surface area (Å²) in [5.41, 5.74) is 2.04. The fraction of sp³-hybridized carbons (Fsp3) is 0.333. The van der Waals surface area contributed by atoms with E-state index in [1.54, 1.807) is 11.3 Å². The van der Waals surface area contributed by atoms with Crippen LogP contribution in [0, 0.1) is 0 Å². The average molecular weight is 304 g/mol. The van der Waals surface area contributed by atoms with E-state index in [2.05, 4.69) is 29.0 Å². The van der Waals surface area contributed by atoms with Crippen LogP contribution in [-0.2, 0) is 17.2 Å². The standard InChI is InChI=1S/C15H16N2OS2/c1-2-3-9-20(18)14-10-11-6-7-12(16-15(11)17-14)13-5-4-8-19-13/h4-8H,2-3,9-10H2,1H3. The van der Waals surface area contributed by atoms with E-state index in [1.165, 1.54) is 0 Å². The van der Waals surface area contributed by atoms with Crippen LogP contribution in [0.15, 0.2) is 34.6 Å². The molecule has 0 amide bonds. The number of fused-ring (bicyclic) bond motifs is 1. The van der Waals surface area contributed by atoms with Crippen molar-refractivity contribution in [1.82, 2.24) is 4.98 Å². The first-order valence-electron chi connectivity index (χ1n) is 6.77. The molecule has 2 aromatic heterocycles. The monoisotopic (exact) mass is 304 g/mol. The van der Waals surface area contributed by atoms with Crippen molar-refractivity contribution < 1.29 is 4.21 Å². The van der Waals surface area contributed by atoms with E-state index in [1.807, 2.05) is 17.5 Å². The lowest BCUT2D eigenvalue weighted by atomic mass is 10.2. The number of thiophene rings is 1. The van der Waals surface area contributed by atoms with Gasteiger partial charge in [0.15, 0.2) is 5.82 Å². The molecule has 0 N–H and O–H groups in total. The first-order valence-corrected chi connectivity index (χ1v) is 8.97. The Morgan fingerprint density at radius 1 is 1.35 bits per heavy atom. The van der Waals surface area contributed by atoms with E-state index in [-0.39, 0.29) is 0 Å². The number of unbranched alkanes of at least 4 members (excludes halogenated alkanes) is 1. The molecule has 5 heteroatoms. The Morgan fingerprint density at radius 2 is 2.25 bits per heavy atom. The average Bonchev–Trinajstić information content (AvgIpc) is 3.12. The third-order valence-corrected chi connectivity index (χ3v) is 5.56. The minimum Gasteiger partial charge on any atom is -0.253 e. The molecule has 0 saturated carbocycles. The first-order chi connectivity index (χ1) is 9.78. The fourth-order valence-corrected chi connectivity index (χ4v) is 4.11. The van der Waals surface area contributed by atoms with Gasteiger partial charge in [-0.15, -0.1) is 11.3 Å². The summed E-state index contributed by atoms with van der Waals surface area (Å²) in [6.45, 7) is 2.11. The molecule has 0 radical (unpaired) electrons. The molecule has 2 aromatic rings. The molecule has 1 aliphatic heterocycles. The smallest absolute Gasteiger partial charge is 0.157 e. The number of aliphatic imine (C=N–C) groups is 1. The first kappa shape index (κ1) is 13.6. The molecule has 0 fully saturated rings. The molecule has 0 aromatic carbocycles. The highest BCUT2D eigenvalue weighted by Crippen LogP contribution is 2.30. The van der Waals surface area contributed by atoms with Gasteiger partial charge in [0.05, 0.1) is 21.4 Å². The Balaban J connectivity index is 1.83. The SMILES string of the molecule is CCCCS(=O)C1=Nc2nc(-c3cccs3)ccc2C1. The van der Waals surface area contributed by atoms with E-state index in [4.69, 9.17) is 0 Å². The lowest BCUT2D eigenvalue weighted by Gasteiger charge is -2.00. The summed E-state index contributed by atoms with van der Waals surface area (Å²) in [4.78, 5) is 10.2. The van der Waals surface area contributed by atoms with Crippen LogP contribution in [0.1, 0.15) is 25.3 Å². The summed E-state index contributed by atoms with van der Waals surface area (Å²) >= 11 is 1.67. The molecule has 0 bridgehead atoms. The van der Waals surface area contributed by atoms with E-state index in [0.29, 0.717) is 12.2 Å². The van der Waals surface area contributed by atoms with Crippen LogP contribution in [0.5, 0.6) is 0 Å². The third kappa shape index (κ3) is 2.74. The molecule has 0 aliphatic carbocycles. The number of nitrogens with zero attached hydrogens (tertiary/aromatic N) is 2. The van der Waals surface area contributed by atoms with Crippen molar-refractivity contribution in [3.05, 3.63) is 35.2 Å². The van der Waals surface area contributed by atoms with Gasteiger partial charge in [-0.1, -0.05) is 25.5 Å². The van der Waals surface area contributed by atoms with Gasteiger partial charge in [-0.05, 0) is 23.9 Å². The fourth-order valence-electron chi connectivity index (χ4n) is 2.12. The number of aromatic nitrogens is 1. The Labute approximate surface area is 125 Å². The second-order valence-corrected chi connectivity index (χ2v) is 7.26. The van der Waals surface area contributed by atoms with E-state index < -0.39 is 10.8 Å². The largest absolute Gasteiger partial charge is 0.253 e. The molecule has 104 valence electrons. The minimum atomic E-state index is -0.952. The Bertz CT molecular complexity index is 663. The topological polar surface area (TPSA) is 42.3 Å². The Hall–Kier alpha value is -1.33. The zero-order valence-electron chi connectivity index (χ0n) is 11.3. The van der Waals surface area contributed by atoms with Crippen LogP contribution < -0.4 is 0 Å². The molecule has 20 heavy (non-hydrogen) atoms. The second kappa shape index (κ2) is 5.97. The molecule has 0 spiro atoms. The van der Waals surface area contributed by atoms with Crippen LogP contribution in [0.2, 0.25) is 0 Å². The number of rotatable bonds is 4. The highest BCUT2D eigenvalue weighted by atomic mass is 32.2. The summed E-state index contributed by atoms with van der Waals surface area (Å²) in [6, 6.07) is 8.16. The Kier molecular flexibility index (Phi) is 4.08. The highest BCUT2D eigenvalue weighted by Gasteiger charge is 2.20. The van der Waals surface area contributed by atoms with Gasteiger partial charge in [-0.25, -0.2) is 9.98 Å². The summed E-state index contributed by atoms with van der Waals surface area (Å²) in [5, 5.41) is 2.82. The quantitative estimate of drug-likeness (QED) is 0.858. The van der Waals surface area contributed by atoms with Crippen molar-refractivity contribution in [2.75, 3.05) is 5.75 Å². The number of hydrogen-bond donors (Lipinski definition) is 0. The maximum Gasteiger partial charge on any atom is 0.157 e. The maximum absolute atomic E-state index is 12.1. The lowest BCUT2D eigenvalue weighted by Crippen LogP contribution is -2.10. The van der Waals surface area contributed by atoms with Crippen LogP contribution in [0.25, 0.3) is 10.6 Å². The molecule has 0 saturated heterocycles. The number of pyridine rings is 1. The predicted molar refractivity (Wildman–Crippen MR) is 86.3 cm³/mol. The maximum atomic E-state index is 12.1. The van der Waals surface area contributed by atoms with Crippen LogP contribution in [0.4, 0.5) is 5.82 Å². The van der Waals surface area contributed by atoms with Crippen molar-refractivity contribution in [2.24, 2.45) is 4.99 Å². The van der Waals surface area contributed by atoms with Gasteiger partial charge in [0.2, 0.25) is 0 Å². The van der Waals surface area contributed by atoms with Crippen LogP contribution in [0.3, 0.4) is 0 Å². The van der Waals surface area contributed by atoms with Gasteiger partial charge in [-0.2, -0.15) is 0 Å². The Morgan fingerprint density at radius 3 is 3.00 bits per heavy atom. The van der Waals surface area contributed by atoms with Crippen molar-refractivity contribution in [3.63, 3.8) is 0 Å². The molecular weight excluding hydrogens is 288 g/mol.